The molecule has 0 amide bonds. The largest absolute Gasteiger partial charge is 0.383 e. The van der Waals surface area contributed by atoms with Crippen LogP contribution < -0.4 is 5.73 Å². The van der Waals surface area contributed by atoms with Gasteiger partial charge in [0, 0.05) is 44.2 Å². The second kappa shape index (κ2) is 5.16. The number of rotatable bonds is 4. The Morgan fingerprint density at radius 2 is 2.15 bits per heavy atom. The van der Waals surface area contributed by atoms with E-state index in [0.717, 1.165) is 30.0 Å². The van der Waals surface area contributed by atoms with E-state index in [0.29, 0.717) is 5.82 Å². The lowest BCUT2D eigenvalue weighted by atomic mass is 10.2. The first-order chi connectivity index (χ1) is 9.75. The number of nitrogen functional groups attached to an aromatic ring is 1. The molecule has 0 spiro atoms. The summed E-state index contributed by atoms with van der Waals surface area (Å²) >= 11 is 0. The summed E-state index contributed by atoms with van der Waals surface area (Å²) in [5, 5.41) is 0. The Hall–Kier alpha value is -2.63. The zero-order chi connectivity index (χ0) is 13.9. The summed E-state index contributed by atoms with van der Waals surface area (Å²) in [6.07, 6.45) is 9.91. The van der Waals surface area contributed by atoms with Crippen LogP contribution >= 0.6 is 0 Å². The fourth-order valence-electron chi connectivity index (χ4n) is 2.22. The van der Waals surface area contributed by atoms with E-state index in [1.54, 1.807) is 6.20 Å². The SMILES string of the molecule is Cn1ccnc1CCn1cncc1-c1cccnc1N. The minimum absolute atomic E-state index is 0.520. The second-order valence-electron chi connectivity index (χ2n) is 4.61. The van der Waals surface area contributed by atoms with E-state index < -0.39 is 0 Å². The second-order valence-corrected chi connectivity index (χ2v) is 4.61. The molecule has 102 valence electrons. The number of hydrogen-bond acceptors (Lipinski definition) is 4. The first-order valence-electron chi connectivity index (χ1n) is 6.43. The molecule has 0 unspecified atom stereocenters. The third kappa shape index (κ3) is 2.27. The molecule has 0 aliphatic heterocycles. The third-order valence-corrected chi connectivity index (χ3v) is 3.32. The van der Waals surface area contributed by atoms with E-state index in [9.17, 15) is 0 Å². The Bertz CT molecular complexity index is 712. The smallest absolute Gasteiger partial charge is 0.132 e. The van der Waals surface area contributed by atoms with Gasteiger partial charge in [-0.3, -0.25) is 0 Å². The molecule has 0 aliphatic carbocycles. The lowest BCUT2D eigenvalue weighted by Gasteiger charge is -2.09. The van der Waals surface area contributed by atoms with Crippen LogP contribution in [0.1, 0.15) is 5.82 Å². The molecule has 3 aromatic rings. The van der Waals surface area contributed by atoms with Gasteiger partial charge in [0.25, 0.3) is 0 Å². The van der Waals surface area contributed by atoms with Crippen molar-refractivity contribution in [1.29, 1.82) is 0 Å². The third-order valence-electron chi connectivity index (χ3n) is 3.32. The molecule has 6 nitrogen and oxygen atoms in total. The molecule has 0 saturated carbocycles. The summed E-state index contributed by atoms with van der Waals surface area (Å²) in [6.45, 7) is 0.800. The van der Waals surface area contributed by atoms with Gasteiger partial charge in [0.1, 0.15) is 11.6 Å². The number of nitrogens with zero attached hydrogens (tertiary/aromatic N) is 5. The number of nitrogens with two attached hydrogens (primary N) is 1. The Morgan fingerprint density at radius 3 is 2.90 bits per heavy atom. The minimum Gasteiger partial charge on any atom is -0.383 e. The van der Waals surface area contributed by atoms with Crippen LogP contribution in [0.4, 0.5) is 5.82 Å². The van der Waals surface area contributed by atoms with Gasteiger partial charge in [0.15, 0.2) is 0 Å². The van der Waals surface area contributed by atoms with Crippen LogP contribution in [-0.4, -0.2) is 24.1 Å². The Balaban J connectivity index is 1.84. The standard InChI is InChI=1S/C14H16N6/c1-19-8-6-17-13(19)4-7-20-10-16-9-12(20)11-3-2-5-18-14(11)15/h2-3,5-6,8-10H,4,7H2,1H3,(H2,15,18). The van der Waals surface area contributed by atoms with Gasteiger partial charge in [0.2, 0.25) is 0 Å². The molecule has 2 N–H and O–H groups in total. The molecule has 6 heteroatoms. The molecule has 3 rings (SSSR count). The summed E-state index contributed by atoms with van der Waals surface area (Å²) in [7, 11) is 2.00. The highest BCUT2D eigenvalue weighted by Crippen LogP contribution is 2.23. The van der Waals surface area contributed by atoms with Crippen molar-refractivity contribution in [3.05, 3.63) is 49.1 Å². The van der Waals surface area contributed by atoms with E-state index in [-0.39, 0.29) is 0 Å². The van der Waals surface area contributed by atoms with Crippen molar-refractivity contribution >= 4 is 5.82 Å². The summed E-state index contributed by atoms with van der Waals surface area (Å²) in [5.41, 5.74) is 7.81. The quantitative estimate of drug-likeness (QED) is 0.778. The topological polar surface area (TPSA) is 74.5 Å². The van der Waals surface area contributed by atoms with Crippen molar-refractivity contribution < 1.29 is 0 Å². The van der Waals surface area contributed by atoms with Gasteiger partial charge in [-0.1, -0.05) is 0 Å². The molecule has 0 radical (unpaired) electrons. The molecule has 0 fully saturated rings. The minimum atomic E-state index is 0.520. The van der Waals surface area contributed by atoms with E-state index in [1.807, 2.05) is 48.7 Å². The van der Waals surface area contributed by atoms with Gasteiger partial charge in [-0.2, -0.15) is 0 Å². The van der Waals surface area contributed by atoms with Gasteiger partial charge in [-0.25, -0.2) is 15.0 Å². The Labute approximate surface area is 116 Å². The maximum absolute atomic E-state index is 5.93. The summed E-state index contributed by atoms with van der Waals surface area (Å²) in [5.74, 6) is 1.56. The normalized spacial score (nSPS) is 10.8. The number of pyridine rings is 1. The lowest BCUT2D eigenvalue weighted by Crippen LogP contribution is -2.06. The molecule has 3 aromatic heterocycles. The molecule has 20 heavy (non-hydrogen) atoms. The van der Waals surface area contributed by atoms with Crippen LogP contribution in [-0.2, 0) is 20.0 Å². The average Bonchev–Trinajstić information content (AvgIpc) is 3.06. The highest BCUT2D eigenvalue weighted by molar-refractivity contribution is 5.70. The first-order valence-corrected chi connectivity index (χ1v) is 6.43. The van der Waals surface area contributed by atoms with E-state index in [2.05, 4.69) is 19.5 Å². The number of aryl methyl sites for hydroxylation is 3. The summed E-state index contributed by atoms with van der Waals surface area (Å²) in [6, 6.07) is 3.83. The summed E-state index contributed by atoms with van der Waals surface area (Å²) < 4.78 is 4.09. The van der Waals surface area contributed by atoms with Crippen molar-refractivity contribution in [3.8, 4) is 11.3 Å². The maximum Gasteiger partial charge on any atom is 0.132 e. The average molecular weight is 268 g/mol. The van der Waals surface area contributed by atoms with E-state index >= 15 is 0 Å². The van der Waals surface area contributed by atoms with Crippen LogP contribution in [0.2, 0.25) is 0 Å². The molecule has 0 bridgehead atoms. The monoisotopic (exact) mass is 268 g/mol. The molecule has 0 aromatic carbocycles. The van der Waals surface area contributed by atoms with Crippen molar-refractivity contribution in [2.75, 3.05) is 5.73 Å². The van der Waals surface area contributed by atoms with Crippen molar-refractivity contribution in [2.24, 2.45) is 7.05 Å². The van der Waals surface area contributed by atoms with Gasteiger partial charge >= 0.3 is 0 Å². The Morgan fingerprint density at radius 1 is 1.25 bits per heavy atom. The predicted molar refractivity (Wildman–Crippen MR) is 76.8 cm³/mol. The van der Waals surface area contributed by atoms with E-state index in [1.165, 1.54) is 0 Å². The van der Waals surface area contributed by atoms with Crippen LogP contribution in [0.5, 0.6) is 0 Å². The summed E-state index contributed by atoms with van der Waals surface area (Å²) in [4.78, 5) is 12.7. The molecule has 0 saturated heterocycles. The highest BCUT2D eigenvalue weighted by atomic mass is 15.1. The fraction of sp³-hybridized carbons (Fsp3) is 0.214. The zero-order valence-corrected chi connectivity index (χ0v) is 11.3. The Kier molecular flexibility index (Phi) is 3.20. The van der Waals surface area contributed by atoms with Crippen LogP contribution in [0.3, 0.4) is 0 Å². The van der Waals surface area contributed by atoms with Crippen molar-refractivity contribution in [1.82, 2.24) is 24.1 Å². The highest BCUT2D eigenvalue weighted by Gasteiger charge is 2.09. The van der Waals surface area contributed by atoms with Crippen LogP contribution in [0.15, 0.2) is 43.2 Å². The van der Waals surface area contributed by atoms with Gasteiger partial charge < -0.3 is 14.9 Å². The number of aromatic nitrogens is 5. The first kappa shape index (κ1) is 12.4. The van der Waals surface area contributed by atoms with Gasteiger partial charge in [-0.05, 0) is 12.1 Å². The molecular weight excluding hydrogens is 252 g/mol. The number of anilines is 1. The lowest BCUT2D eigenvalue weighted by molar-refractivity contribution is 0.654. The fourth-order valence-corrected chi connectivity index (χ4v) is 2.22. The molecule has 0 aliphatic rings. The molecule has 0 atom stereocenters. The molecule has 3 heterocycles. The van der Waals surface area contributed by atoms with Crippen LogP contribution in [0.25, 0.3) is 11.3 Å². The van der Waals surface area contributed by atoms with Gasteiger partial charge in [0.05, 0.1) is 18.2 Å². The number of hydrogen-bond donors (Lipinski definition) is 1. The zero-order valence-electron chi connectivity index (χ0n) is 11.3. The van der Waals surface area contributed by atoms with E-state index in [4.69, 9.17) is 5.73 Å². The van der Waals surface area contributed by atoms with Crippen molar-refractivity contribution in [3.63, 3.8) is 0 Å². The van der Waals surface area contributed by atoms with Crippen LogP contribution in [0, 0.1) is 0 Å². The maximum atomic E-state index is 5.93. The number of imidazole rings is 2. The van der Waals surface area contributed by atoms with Gasteiger partial charge in [-0.15, -0.1) is 0 Å². The predicted octanol–water partition coefficient (Wildman–Crippen LogP) is 1.50. The molecular formula is C14H16N6. The van der Waals surface area contributed by atoms with Crippen molar-refractivity contribution in [2.45, 2.75) is 13.0 Å².